The van der Waals surface area contributed by atoms with Gasteiger partial charge in [-0.05, 0) is 54.3 Å². The van der Waals surface area contributed by atoms with Crippen molar-refractivity contribution in [3.05, 3.63) is 88.0 Å². The number of rotatable bonds is 7. The van der Waals surface area contributed by atoms with E-state index in [4.69, 9.17) is 37.1 Å². The molecule has 6 N–H and O–H groups in total. The highest BCUT2D eigenvalue weighted by Crippen LogP contribution is 2.22. The summed E-state index contributed by atoms with van der Waals surface area (Å²) in [6.45, 7) is 1.07. The van der Waals surface area contributed by atoms with Crippen molar-refractivity contribution in [1.29, 1.82) is 0 Å². The van der Waals surface area contributed by atoms with Gasteiger partial charge in [-0.15, -0.1) is 0 Å². The summed E-state index contributed by atoms with van der Waals surface area (Å²) in [4.78, 5) is 64.9. The smallest absolute Gasteiger partial charge is 0.475 e. The monoisotopic (exact) mass is 693 g/mol. The molecule has 1 aromatic carbocycles. The molecule has 1 aliphatic rings. The molecule has 254 valence electrons. The number of nitrogens with one attached hydrogen (secondary N) is 2. The molecular weight excluding hydrogens is 668 g/mol. The molecule has 1 fully saturated rings. The standard InChI is InChI=1S/C24H24ClN5O3.2C2HF3O2/c25-18-7-6-15(12-26)16(10-18)13-29-23(32)21-5-3-9-30(21)24(33)20-11-17(14-28-20)22(31)19-4-1-2-8-27-19;2*3-2(4,5)1(6)7/h1-2,4,6-8,10-11,14,21,28H,3,5,9,12-13,26H2,(H,29,32);2*(H,6,7)/t21-;;/m0../s1. The van der Waals surface area contributed by atoms with Crippen LogP contribution in [-0.2, 0) is 27.5 Å². The number of carbonyl (C=O) groups excluding carboxylic acids is 3. The Morgan fingerprint density at radius 1 is 0.979 bits per heavy atom. The zero-order chi connectivity index (χ0) is 35.5. The molecule has 0 spiro atoms. The van der Waals surface area contributed by atoms with Crippen LogP contribution in [-0.4, -0.2) is 79.6 Å². The van der Waals surface area contributed by atoms with Gasteiger partial charge in [-0.2, -0.15) is 26.3 Å². The molecule has 1 aliphatic heterocycles. The van der Waals surface area contributed by atoms with Gasteiger partial charge in [0.15, 0.2) is 0 Å². The number of benzene rings is 1. The van der Waals surface area contributed by atoms with E-state index in [2.05, 4.69) is 15.3 Å². The minimum Gasteiger partial charge on any atom is -0.475 e. The maximum absolute atomic E-state index is 13.1. The Balaban J connectivity index is 0.000000459. The molecule has 12 nitrogen and oxygen atoms in total. The molecule has 3 aromatic rings. The first-order valence-electron chi connectivity index (χ1n) is 13.2. The summed E-state index contributed by atoms with van der Waals surface area (Å²) in [5, 5.41) is 17.7. The SMILES string of the molecule is NCc1ccc(Cl)cc1CNC(=O)[C@@H]1CCCN1C(=O)c1cc(C(=O)c2ccccn2)c[nH]1.O=C(O)C(F)(F)F.O=C(O)C(F)(F)F. The summed E-state index contributed by atoms with van der Waals surface area (Å²) in [6.07, 6.45) is -5.85. The number of pyridine rings is 1. The number of likely N-dealkylation sites (tertiary alicyclic amines) is 1. The topological polar surface area (TPSA) is 196 Å². The number of H-pyrrole nitrogens is 1. The lowest BCUT2D eigenvalue weighted by Gasteiger charge is -2.23. The lowest BCUT2D eigenvalue weighted by molar-refractivity contribution is -0.193. The van der Waals surface area contributed by atoms with Gasteiger partial charge in [0.2, 0.25) is 11.7 Å². The first-order valence-corrected chi connectivity index (χ1v) is 13.5. The van der Waals surface area contributed by atoms with Gasteiger partial charge < -0.3 is 31.1 Å². The molecule has 2 amide bonds. The van der Waals surface area contributed by atoms with E-state index in [0.717, 1.165) is 17.5 Å². The fraction of sp³-hybridized carbons (Fsp3) is 0.286. The number of ketones is 1. The summed E-state index contributed by atoms with van der Waals surface area (Å²) in [5.74, 6) is -6.35. The number of carboxylic acid groups (broad SMARTS) is 2. The van der Waals surface area contributed by atoms with Crippen LogP contribution in [0, 0.1) is 0 Å². The highest BCUT2D eigenvalue weighted by atomic mass is 35.5. The molecule has 0 aliphatic carbocycles. The van der Waals surface area contributed by atoms with E-state index in [0.29, 0.717) is 35.8 Å². The van der Waals surface area contributed by atoms with Gasteiger partial charge in [-0.1, -0.05) is 23.7 Å². The van der Waals surface area contributed by atoms with E-state index >= 15 is 0 Å². The van der Waals surface area contributed by atoms with Crippen molar-refractivity contribution in [3.8, 4) is 0 Å². The molecular formula is C28H26ClF6N5O7. The predicted molar refractivity (Wildman–Crippen MR) is 151 cm³/mol. The quantitative estimate of drug-likeness (QED) is 0.180. The Morgan fingerprint density at radius 3 is 2.13 bits per heavy atom. The average molecular weight is 694 g/mol. The van der Waals surface area contributed by atoms with E-state index in [1.54, 1.807) is 36.5 Å². The molecule has 0 radical (unpaired) electrons. The van der Waals surface area contributed by atoms with Gasteiger partial charge in [0.25, 0.3) is 5.91 Å². The number of amides is 2. The second-order valence-electron chi connectivity index (χ2n) is 9.44. The van der Waals surface area contributed by atoms with Crippen molar-refractivity contribution < 1.29 is 60.5 Å². The summed E-state index contributed by atoms with van der Waals surface area (Å²) in [5.41, 5.74) is 8.41. The summed E-state index contributed by atoms with van der Waals surface area (Å²) < 4.78 is 63.5. The molecule has 1 saturated heterocycles. The summed E-state index contributed by atoms with van der Waals surface area (Å²) in [7, 11) is 0. The second-order valence-corrected chi connectivity index (χ2v) is 9.88. The molecule has 0 bridgehead atoms. The van der Waals surface area contributed by atoms with Gasteiger partial charge in [0, 0.05) is 42.6 Å². The van der Waals surface area contributed by atoms with Crippen LogP contribution in [0.25, 0.3) is 0 Å². The maximum atomic E-state index is 13.1. The number of nitrogens with zero attached hydrogens (tertiary/aromatic N) is 2. The Bertz CT molecular complexity index is 1560. The van der Waals surface area contributed by atoms with Crippen molar-refractivity contribution in [3.63, 3.8) is 0 Å². The van der Waals surface area contributed by atoms with Crippen molar-refractivity contribution in [2.75, 3.05) is 6.54 Å². The summed E-state index contributed by atoms with van der Waals surface area (Å²) in [6, 6.07) is 11.4. The van der Waals surface area contributed by atoms with E-state index in [9.17, 15) is 40.7 Å². The fourth-order valence-electron chi connectivity index (χ4n) is 3.99. The average Bonchev–Trinajstić information content (AvgIpc) is 3.70. The minimum absolute atomic E-state index is 0.236. The predicted octanol–water partition coefficient (Wildman–Crippen LogP) is 3.94. The minimum atomic E-state index is -5.08. The van der Waals surface area contributed by atoms with Crippen LogP contribution >= 0.6 is 11.6 Å². The van der Waals surface area contributed by atoms with Crippen molar-refractivity contribution >= 4 is 41.1 Å². The highest BCUT2D eigenvalue weighted by molar-refractivity contribution is 6.30. The number of hydrogen-bond acceptors (Lipinski definition) is 7. The van der Waals surface area contributed by atoms with Crippen LogP contribution < -0.4 is 11.1 Å². The third-order valence-corrected chi connectivity index (χ3v) is 6.45. The zero-order valence-electron chi connectivity index (χ0n) is 23.9. The van der Waals surface area contributed by atoms with Gasteiger partial charge in [-0.3, -0.25) is 19.4 Å². The number of nitrogens with two attached hydrogens (primary N) is 1. The second kappa shape index (κ2) is 16.5. The highest BCUT2D eigenvalue weighted by Gasteiger charge is 2.39. The third-order valence-electron chi connectivity index (χ3n) is 6.22. The van der Waals surface area contributed by atoms with Gasteiger partial charge >= 0.3 is 24.3 Å². The molecule has 19 heteroatoms. The van der Waals surface area contributed by atoms with Crippen LogP contribution in [0.1, 0.15) is 50.5 Å². The molecule has 1 atom stereocenters. The van der Waals surface area contributed by atoms with Gasteiger partial charge in [-0.25, -0.2) is 9.59 Å². The molecule has 3 heterocycles. The number of halogens is 7. The number of aromatic nitrogens is 2. The molecule has 0 unspecified atom stereocenters. The van der Waals surface area contributed by atoms with E-state index in [1.807, 2.05) is 6.07 Å². The van der Waals surface area contributed by atoms with Crippen molar-refractivity contribution in [1.82, 2.24) is 20.2 Å². The molecule has 47 heavy (non-hydrogen) atoms. The number of hydrogen-bond donors (Lipinski definition) is 5. The first-order chi connectivity index (χ1) is 21.9. The largest absolute Gasteiger partial charge is 0.490 e. The zero-order valence-corrected chi connectivity index (χ0v) is 24.6. The first kappa shape index (κ1) is 38.2. The number of carboxylic acids is 2. The van der Waals surface area contributed by atoms with E-state index < -0.39 is 30.3 Å². The summed E-state index contributed by atoms with van der Waals surface area (Å²) >= 11 is 6.07. The number of aliphatic carboxylic acids is 2. The van der Waals surface area contributed by atoms with Gasteiger partial charge in [0.05, 0.1) is 0 Å². The molecule has 4 rings (SSSR count). The van der Waals surface area contributed by atoms with Crippen LogP contribution in [0.3, 0.4) is 0 Å². The van der Waals surface area contributed by atoms with E-state index in [1.165, 1.54) is 17.2 Å². The number of aromatic amines is 1. The van der Waals surface area contributed by atoms with Gasteiger partial charge in [0.1, 0.15) is 17.4 Å². The lowest BCUT2D eigenvalue weighted by atomic mass is 10.1. The number of carbonyl (C=O) groups is 5. The fourth-order valence-corrected chi connectivity index (χ4v) is 4.18. The van der Waals surface area contributed by atoms with Crippen LogP contribution in [0.15, 0.2) is 54.9 Å². The van der Waals surface area contributed by atoms with Crippen molar-refractivity contribution in [2.45, 2.75) is 44.3 Å². The Kier molecular flexibility index (Phi) is 13.5. The molecule has 2 aromatic heterocycles. The maximum Gasteiger partial charge on any atom is 0.490 e. The van der Waals surface area contributed by atoms with Crippen LogP contribution in [0.5, 0.6) is 0 Å². The van der Waals surface area contributed by atoms with E-state index in [-0.39, 0.29) is 29.8 Å². The number of alkyl halides is 6. The Labute approximate surface area is 266 Å². The Morgan fingerprint density at radius 2 is 1.60 bits per heavy atom. The molecule has 0 saturated carbocycles. The van der Waals surface area contributed by atoms with Crippen molar-refractivity contribution in [2.24, 2.45) is 5.73 Å². The van der Waals surface area contributed by atoms with Crippen LogP contribution in [0.4, 0.5) is 26.3 Å². The van der Waals surface area contributed by atoms with Crippen LogP contribution in [0.2, 0.25) is 5.02 Å². The Hall–Kier alpha value is -4.97. The normalized spacial score (nSPS) is 14.2. The third kappa shape index (κ3) is 11.4. The lowest BCUT2D eigenvalue weighted by Crippen LogP contribution is -2.45.